The number of hydrogen-bond donors (Lipinski definition) is 6. The number of benzene rings is 1. The van der Waals surface area contributed by atoms with E-state index in [2.05, 4.69) is 10.3 Å². The number of carbonyl (C=O) groups excluding carboxylic acids is 3. The Kier molecular flexibility index (Phi) is 7.46. The summed E-state index contributed by atoms with van der Waals surface area (Å²) in [5.41, 5.74) is 1.16. The Labute approximate surface area is 252 Å². The van der Waals surface area contributed by atoms with Crippen molar-refractivity contribution in [2.45, 2.75) is 37.2 Å². The van der Waals surface area contributed by atoms with Crippen molar-refractivity contribution in [3.05, 3.63) is 56.5 Å². The van der Waals surface area contributed by atoms with Crippen LogP contribution in [0.2, 0.25) is 0 Å². The number of likely N-dealkylation sites (N-methyl/N-ethyl adjacent to an activating group) is 1. The Morgan fingerprint density at radius 1 is 1.20 bits per heavy atom. The molecule has 1 aromatic heterocycles. The first-order valence-electron chi connectivity index (χ1n) is 13.4. The molecule has 236 valence electrons. The molecule has 3 aliphatic carbocycles. The van der Waals surface area contributed by atoms with Gasteiger partial charge in [0.15, 0.2) is 22.2 Å². The zero-order valence-corrected chi connectivity index (χ0v) is 24.8. The maximum atomic E-state index is 14.1. The number of anilines is 2. The molecule has 0 aliphatic heterocycles. The highest BCUT2D eigenvalue weighted by molar-refractivity contribution is 7.13. The van der Waals surface area contributed by atoms with Crippen LogP contribution in [0.3, 0.4) is 0 Å². The molecule has 0 spiro atoms. The van der Waals surface area contributed by atoms with E-state index in [1.54, 1.807) is 39.2 Å². The largest absolute Gasteiger partial charge is 0.510 e. The predicted molar refractivity (Wildman–Crippen MR) is 152 cm³/mol. The summed E-state index contributed by atoms with van der Waals surface area (Å²) in [6.45, 7) is -0.215. The molecule has 1 aromatic carbocycles. The van der Waals surface area contributed by atoms with Gasteiger partial charge in [0.05, 0.1) is 11.6 Å². The zero-order valence-electron chi connectivity index (χ0n) is 24.0. The fraction of sp³-hybridized carbons (Fsp3) is 0.429. The van der Waals surface area contributed by atoms with Gasteiger partial charge in [-0.3, -0.25) is 19.3 Å². The smallest absolute Gasteiger partial charge is 0.434 e. The molecule has 0 bridgehead atoms. The number of carbonyl (C=O) groups is 3. The lowest BCUT2D eigenvalue weighted by atomic mass is 9.58. The van der Waals surface area contributed by atoms with Crippen LogP contribution in [0.4, 0.5) is 24.0 Å². The SMILES string of the molecule is CN(C)c1cc(CNc2nc(C(F)(F)F)cs2)c(O)c2c1C[C@H]1C[C@H]3C(N(C)C)C(O)=C(C(N)=O)C(=O)[C@@]3(O)C(O)=C1C2=O. The van der Waals surface area contributed by atoms with E-state index in [-0.39, 0.29) is 41.2 Å². The summed E-state index contributed by atoms with van der Waals surface area (Å²) in [7, 11) is 6.48. The summed E-state index contributed by atoms with van der Waals surface area (Å²) in [6, 6.07) is 0.472. The second kappa shape index (κ2) is 10.5. The van der Waals surface area contributed by atoms with Crippen molar-refractivity contribution in [3.63, 3.8) is 0 Å². The number of Topliss-reactive ketones (excluding diaryl/α,β-unsaturated/α-hetero) is 2. The number of nitrogens with two attached hydrogens (primary N) is 1. The Morgan fingerprint density at radius 3 is 2.41 bits per heavy atom. The van der Waals surface area contributed by atoms with Crippen LogP contribution in [0, 0.1) is 11.8 Å². The van der Waals surface area contributed by atoms with Gasteiger partial charge >= 0.3 is 6.18 Å². The number of phenolic OH excluding ortho intramolecular Hbond substituents is 1. The Balaban J connectivity index is 1.61. The number of alkyl halides is 3. The quantitative estimate of drug-likeness (QED) is 0.255. The molecule has 12 nitrogen and oxygen atoms in total. The van der Waals surface area contributed by atoms with Crippen LogP contribution in [0.15, 0.2) is 34.1 Å². The number of aliphatic hydroxyl groups excluding tert-OH is 2. The van der Waals surface area contributed by atoms with Gasteiger partial charge in [0.2, 0.25) is 5.78 Å². The van der Waals surface area contributed by atoms with Crippen LogP contribution >= 0.6 is 11.3 Å². The normalized spacial score (nSPS) is 25.2. The lowest BCUT2D eigenvalue weighted by molar-refractivity contribution is -0.148. The molecule has 1 amide bonds. The van der Waals surface area contributed by atoms with Crippen LogP contribution in [0.25, 0.3) is 0 Å². The second-order valence-electron chi connectivity index (χ2n) is 11.5. The molecule has 1 heterocycles. The number of ketones is 2. The molecule has 44 heavy (non-hydrogen) atoms. The monoisotopic (exact) mass is 637 g/mol. The van der Waals surface area contributed by atoms with Crippen molar-refractivity contribution < 1.29 is 48.0 Å². The molecule has 3 aliphatic rings. The number of aromatic hydroxyl groups is 1. The summed E-state index contributed by atoms with van der Waals surface area (Å²) in [6.07, 6.45) is -4.61. The number of aromatic nitrogens is 1. The second-order valence-corrected chi connectivity index (χ2v) is 12.4. The van der Waals surface area contributed by atoms with Crippen molar-refractivity contribution in [1.29, 1.82) is 0 Å². The van der Waals surface area contributed by atoms with Gasteiger partial charge in [-0.25, -0.2) is 4.98 Å². The number of primary amides is 1. The van der Waals surface area contributed by atoms with E-state index in [0.29, 0.717) is 22.6 Å². The van der Waals surface area contributed by atoms with Crippen molar-refractivity contribution in [3.8, 4) is 5.75 Å². The number of fused-ring (bicyclic) bond motifs is 3. The number of nitrogens with one attached hydrogen (secondary N) is 1. The molecule has 4 atom stereocenters. The van der Waals surface area contributed by atoms with Gasteiger partial charge in [-0.2, -0.15) is 13.2 Å². The standard InChI is InChI=1S/C28H30F3N5O7S/c1-35(2)14-7-11(8-33-26-34-15(9-44-26)28(29,30)31)20(37)17-12(14)5-10-6-13-19(36(3)4)22(39)18(25(32)42)24(41)27(13,43)23(40)16(10)21(17)38/h7,9-10,13,19,37,39-40,43H,5-6,8H2,1-4H3,(H2,32,42)(H,33,34)/t10-,13-,19?,27-/m0/s1. The minimum absolute atomic E-state index is 0.0612. The summed E-state index contributed by atoms with van der Waals surface area (Å²) in [4.78, 5) is 46.4. The highest BCUT2D eigenvalue weighted by atomic mass is 32.1. The Bertz CT molecular complexity index is 1660. The zero-order chi connectivity index (χ0) is 32.6. The number of phenols is 1. The number of aliphatic hydroxyl groups is 3. The van der Waals surface area contributed by atoms with Crippen LogP contribution in [0.5, 0.6) is 5.75 Å². The third kappa shape index (κ3) is 4.59. The first-order valence-corrected chi connectivity index (χ1v) is 14.3. The van der Waals surface area contributed by atoms with Crippen LogP contribution in [0.1, 0.15) is 33.6 Å². The van der Waals surface area contributed by atoms with Crippen molar-refractivity contribution in [2.24, 2.45) is 17.6 Å². The predicted octanol–water partition coefficient (Wildman–Crippen LogP) is 2.27. The third-order valence-corrected chi connectivity index (χ3v) is 9.28. The van der Waals surface area contributed by atoms with Gasteiger partial charge in [-0.15, -0.1) is 11.3 Å². The van der Waals surface area contributed by atoms with E-state index in [4.69, 9.17) is 5.73 Å². The number of halogens is 3. The summed E-state index contributed by atoms with van der Waals surface area (Å²) < 4.78 is 39.0. The molecule has 1 unspecified atom stereocenters. The van der Waals surface area contributed by atoms with Crippen molar-refractivity contribution >= 4 is 39.6 Å². The molecule has 0 saturated heterocycles. The number of hydrogen-bond acceptors (Lipinski definition) is 12. The van der Waals surface area contributed by atoms with Crippen LogP contribution in [-0.4, -0.2) is 87.6 Å². The van der Waals surface area contributed by atoms with Gasteiger partial charge in [0, 0.05) is 48.8 Å². The molecule has 5 rings (SSSR count). The molecule has 0 radical (unpaired) electrons. The molecular weight excluding hydrogens is 607 g/mol. The molecular formula is C28H30F3N5O7S. The lowest BCUT2D eigenvalue weighted by Crippen LogP contribution is -2.63. The first kappa shape index (κ1) is 31.3. The van der Waals surface area contributed by atoms with Crippen molar-refractivity contribution in [2.75, 3.05) is 38.4 Å². The molecule has 7 N–H and O–H groups in total. The van der Waals surface area contributed by atoms with Crippen LogP contribution in [-0.2, 0) is 28.7 Å². The fourth-order valence-electron chi connectivity index (χ4n) is 6.54. The summed E-state index contributed by atoms with van der Waals surface area (Å²) in [5.74, 6) is -7.59. The Morgan fingerprint density at radius 2 is 1.86 bits per heavy atom. The minimum atomic E-state index is -4.64. The maximum absolute atomic E-state index is 14.1. The number of thiazole rings is 1. The Hall–Kier alpha value is -4.15. The number of allylic oxidation sites excluding steroid dienone is 1. The van der Waals surface area contributed by atoms with E-state index in [1.165, 1.54) is 4.90 Å². The van der Waals surface area contributed by atoms with E-state index >= 15 is 0 Å². The number of rotatable bonds is 6. The summed E-state index contributed by atoms with van der Waals surface area (Å²) in [5, 5.41) is 48.9. The first-order chi connectivity index (χ1) is 20.4. The minimum Gasteiger partial charge on any atom is -0.510 e. The number of nitrogens with zero attached hydrogens (tertiary/aromatic N) is 3. The van der Waals surface area contributed by atoms with E-state index < -0.39 is 75.7 Å². The average Bonchev–Trinajstić information content (AvgIpc) is 3.39. The summed E-state index contributed by atoms with van der Waals surface area (Å²) >= 11 is 0.712. The molecule has 2 aromatic rings. The fourth-order valence-corrected chi connectivity index (χ4v) is 7.26. The van der Waals surface area contributed by atoms with Gasteiger partial charge in [0.25, 0.3) is 5.91 Å². The third-order valence-electron chi connectivity index (χ3n) is 8.48. The highest BCUT2D eigenvalue weighted by Gasteiger charge is 2.63. The van der Waals surface area contributed by atoms with Gasteiger partial charge < -0.3 is 36.4 Å². The van der Waals surface area contributed by atoms with E-state index in [0.717, 1.165) is 5.38 Å². The van der Waals surface area contributed by atoms with Crippen molar-refractivity contribution in [1.82, 2.24) is 9.88 Å². The highest BCUT2D eigenvalue weighted by Crippen LogP contribution is 2.53. The topological polar surface area (TPSA) is 190 Å². The van der Waals surface area contributed by atoms with E-state index in [9.17, 15) is 48.0 Å². The van der Waals surface area contributed by atoms with Crippen LogP contribution < -0.4 is 16.0 Å². The number of amides is 1. The molecule has 0 fully saturated rings. The van der Waals surface area contributed by atoms with Gasteiger partial charge in [-0.05, 0) is 44.5 Å². The lowest BCUT2D eigenvalue weighted by Gasteiger charge is -2.50. The van der Waals surface area contributed by atoms with E-state index in [1.807, 2.05) is 0 Å². The molecule has 16 heteroatoms. The maximum Gasteiger partial charge on any atom is 0.434 e. The van der Waals surface area contributed by atoms with Gasteiger partial charge in [0.1, 0.15) is 22.8 Å². The average molecular weight is 638 g/mol. The molecule has 0 saturated carbocycles. The van der Waals surface area contributed by atoms with Gasteiger partial charge in [-0.1, -0.05) is 0 Å².